The van der Waals surface area contributed by atoms with Gasteiger partial charge in [-0.1, -0.05) is 32.9 Å². The maximum Gasteiger partial charge on any atom is 0.319 e. The second kappa shape index (κ2) is 9.88. The Morgan fingerprint density at radius 1 is 0.903 bits per heavy atom. The van der Waals surface area contributed by atoms with Crippen molar-refractivity contribution in [3.05, 3.63) is 66.1 Å². The van der Waals surface area contributed by atoms with Crippen molar-refractivity contribution in [3.8, 4) is 0 Å². The monoisotopic (exact) mass is 419 g/mol. The Labute approximate surface area is 182 Å². The van der Waals surface area contributed by atoms with E-state index in [2.05, 4.69) is 57.0 Å². The molecular formula is C23H29N7O. The first-order chi connectivity index (χ1) is 14.8. The molecule has 0 aliphatic carbocycles. The lowest BCUT2D eigenvalue weighted by molar-refractivity contribution is 0.252. The van der Waals surface area contributed by atoms with Crippen LogP contribution in [0, 0.1) is 6.92 Å². The van der Waals surface area contributed by atoms with Gasteiger partial charge in [-0.05, 0) is 47.7 Å². The average Bonchev–Trinajstić information content (AvgIpc) is 2.71. The van der Waals surface area contributed by atoms with E-state index in [1.807, 2.05) is 43.3 Å². The van der Waals surface area contributed by atoms with Crippen molar-refractivity contribution < 1.29 is 4.79 Å². The highest BCUT2D eigenvalue weighted by molar-refractivity contribution is 5.89. The predicted molar refractivity (Wildman–Crippen MR) is 125 cm³/mol. The van der Waals surface area contributed by atoms with Crippen LogP contribution in [0.3, 0.4) is 0 Å². The van der Waals surface area contributed by atoms with Crippen LogP contribution in [-0.4, -0.2) is 34.1 Å². The van der Waals surface area contributed by atoms with E-state index in [0.29, 0.717) is 24.7 Å². The van der Waals surface area contributed by atoms with Gasteiger partial charge in [0.05, 0.1) is 0 Å². The topological polar surface area (TPSA) is 104 Å². The minimum absolute atomic E-state index is 0.0827. The number of rotatable bonds is 7. The molecule has 31 heavy (non-hydrogen) atoms. The molecule has 0 saturated carbocycles. The summed E-state index contributed by atoms with van der Waals surface area (Å²) in [6.07, 6.45) is 3.22. The second-order valence-corrected chi connectivity index (χ2v) is 8.27. The highest BCUT2D eigenvalue weighted by atomic mass is 16.2. The number of carbonyl (C=O) groups excluding carboxylic acids is 1. The summed E-state index contributed by atoms with van der Waals surface area (Å²) in [6, 6.07) is 13.3. The van der Waals surface area contributed by atoms with Crippen LogP contribution >= 0.6 is 0 Å². The Morgan fingerprint density at radius 3 is 2.32 bits per heavy atom. The number of pyridine rings is 1. The standard InChI is InChI=1S/C23H29N7O/c1-16-9-10-24-20(13-16)30-21-14-19(27-15-28-21)25-11-12-26-22(31)29-18-7-5-17(6-8-18)23(2,3)4/h5-10,13-15H,11-12H2,1-4H3,(H2,26,29,31)(H2,24,25,27,28,30). The van der Waals surface area contributed by atoms with Crippen LogP contribution in [0.5, 0.6) is 0 Å². The molecule has 0 bridgehead atoms. The van der Waals surface area contributed by atoms with E-state index in [9.17, 15) is 4.79 Å². The summed E-state index contributed by atoms with van der Waals surface area (Å²) in [4.78, 5) is 24.8. The second-order valence-electron chi connectivity index (χ2n) is 8.27. The van der Waals surface area contributed by atoms with Crippen molar-refractivity contribution in [2.45, 2.75) is 33.1 Å². The van der Waals surface area contributed by atoms with Gasteiger partial charge in [-0.15, -0.1) is 0 Å². The van der Waals surface area contributed by atoms with Crippen LogP contribution in [0.1, 0.15) is 31.9 Å². The van der Waals surface area contributed by atoms with Crippen molar-refractivity contribution >= 4 is 29.2 Å². The third kappa shape index (κ3) is 6.95. The van der Waals surface area contributed by atoms with Crippen LogP contribution in [0.2, 0.25) is 0 Å². The number of aromatic nitrogens is 3. The summed E-state index contributed by atoms with van der Waals surface area (Å²) in [5, 5.41) is 12.0. The number of amides is 2. The molecule has 1 aromatic carbocycles. The van der Waals surface area contributed by atoms with E-state index in [-0.39, 0.29) is 11.4 Å². The molecule has 162 valence electrons. The van der Waals surface area contributed by atoms with Crippen LogP contribution < -0.4 is 21.3 Å². The first-order valence-electron chi connectivity index (χ1n) is 10.2. The van der Waals surface area contributed by atoms with Crippen molar-refractivity contribution in [1.29, 1.82) is 0 Å². The first-order valence-corrected chi connectivity index (χ1v) is 10.2. The van der Waals surface area contributed by atoms with Gasteiger partial charge >= 0.3 is 6.03 Å². The van der Waals surface area contributed by atoms with Gasteiger partial charge < -0.3 is 21.3 Å². The first kappa shape index (κ1) is 22.0. The van der Waals surface area contributed by atoms with Gasteiger partial charge in [0.2, 0.25) is 0 Å². The van der Waals surface area contributed by atoms with E-state index in [1.165, 1.54) is 11.9 Å². The Hall–Kier alpha value is -3.68. The van der Waals surface area contributed by atoms with Gasteiger partial charge in [0, 0.05) is 31.0 Å². The normalized spacial score (nSPS) is 11.0. The summed E-state index contributed by atoms with van der Waals surface area (Å²) in [6.45, 7) is 9.44. The lowest BCUT2D eigenvalue weighted by Gasteiger charge is -2.19. The molecule has 2 amide bonds. The van der Waals surface area contributed by atoms with Gasteiger partial charge in [-0.3, -0.25) is 0 Å². The Kier molecular flexibility index (Phi) is 7.02. The molecule has 0 aliphatic rings. The number of carbonyl (C=O) groups is 1. The van der Waals surface area contributed by atoms with E-state index in [4.69, 9.17) is 0 Å². The maximum absolute atomic E-state index is 12.1. The number of benzene rings is 1. The summed E-state index contributed by atoms with van der Waals surface area (Å²) in [5.74, 6) is 2.02. The fourth-order valence-corrected chi connectivity index (χ4v) is 2.85. The fraction of sp³-hybridized carbons (Fsp3) is 0.304. The molecule has 2 aromatic heterocycles. The van der Waals surface area contributed by atoms with Gasteiger partial charge in [0.1, 0.15) is 23.8 Å². The molecule has 0 spiro atoms. The highest BCUT2D eigenvalue weighted by Crippen LogP contribution is 2.23. The zero-order valence-electron chi connectivity index (χ0n) is 18.4. The molecule has 3 rings (SSSR count). The number of hydrogen-bond acceptors (Lipinski definition) is 6. The van der Waals surface area contributed by atoms with E-state index in [1.54, 1.807) is 12.3 Å². The Morgan fingerprint density at radius 2 is 1.61 bits per heavy atom. The molecule has 2 heterocycles. The molecule has 0 fully saturated rings. The van der Waals surface area contributed by atoms with Crippen molar-refractivity contribution in [2.75, 3.05) is 29.0 Å². The molecular weight excluding hydrogens is 390 g/mol. The van der Waals surface area contributed by atoms with Crippen LogP contribution in [-0.2, 0) is 5.41 Å². The minimum Gasteiger partial charge on any atom is -0.368 e. The van der Waals surface area contributed by atoms with E-state index >= 15 is 0 Å². The molecule has 0 aliphatic heterocycles. The maximum atomic E-state index is 12.1. The van der Waals surface area contributed by atoms with Gasteiger partial charge in [-0.2, -0.15) is 0 Å². The molecule has 3 aromatic rings. The average molecular weight is 420 g/mol. The largest absolute Gasteiger partial charge is 0.368 e. The van der Waals surface area contributed by atoms with Crippen molar-refractivity contribution in [3.63, 3.8) is 0 Å². The number of nitrogens with zero attached hydrogens (tertiary/aromatic N) is 3. The number of anilines is 4. The Balaban J connectivity index is 1.42. The lowest BCUT2D eigenvalue weighted by atomic mass is 9.87. The predicted octanol–water partition coefficient (Wildman–Crippen LogP) is 4.45. The smallest absolute Gasteiger partial charge is 0.319 e. The van der Waals surface area contributed by atoms with Crippen molar-refractivity contribution in [2.24, 2.45) is 0 Å². The summed E-state index contributed by atoms with van der Waals surface area (Å²) in [5.41, 5.74) is 3.17. The van der Waals surface area contributed by atoms with Crippen LogP contribution in [0.15, 0.2) is 55.0 Å². The zero-order chi connectivity index (χ0) is 22.3. The number of urea groups is 1. The molecule has 8 heteroatoms. The summed E-state index contributed by atoms with van der Waals surface area (Å²) >= 11 is 0. The molecule has 0 saturated heterocycles. The SMILES string of the molecule is Cc1ccnc(Nc2cc(NCCNC(=O)Nc3ccc(C(C)(C)C)cc3)ncn2)c1. The highest BCUT2D eigenvalue weighted by Gasteiger charge is 2.13. The van der Waals surface area contributed by atoms with E-state index < -0.39 is 0 Å². The third-order valence-electron chi connectivity index (χ3n) is 4.56. The molecule has 0 radical (unpaired) electrons. The fourth-order valence-electron chi connectivity index (χ4n) is 2.85. The lowest BCUT2D eigenvalue weighted by Crippen LogP contribution is -2.32. The van der Waals surface area contributed by atoms with Crippen LogP contribution in [0.25, 0.3) is 0 Å². The minimum atomic E-state index is -0.249. The van der Waals surface area contributed by atoms with Crippen LogP contribution in [0.4, 0.5) is 27.9 Å². The number of hydrogen-bond donors (Lipinski definition) is 4. The number of aryl methyl sites for hydroxylation is 1. The zero-order valence-corrected chi connectivity index (χ0v) is 18.4. The van der Waals surface area contributed by atoms with E-state index in [0.717, 1.165) is 17.1 Å². The van der Waals surface area contributed by atoms with Gasteiger partial charge in [-0.25, -0.2) is 19.7 Å². The van der Waals surface area contributed by atoms with Gasteiger partial charge in [0.15, 0.2) is 0 Å². The quantitative estimate of drug-likeness (QED) is 0.422. The van der Waals surface area contributed by atoms with Gasteiger partial charge in [0.25, 0.3) is 0 Å². The molecule has 8 nitrogen and oxygen atoms in total. The molecule has 0 atom stereocenters. The summed E-state index contributed by atoms with van der Waals surface area (Å²) in [7, 11) is 0. The third-order valence-corrected chi connectivity index (χ3v) is 4.56. The number of nitrogens with one attached hydrogen (secondary N) is 4. The Bertz CT molecular complexity index is 1010. The summed E-state index contributed by atoms with van der Waals surface area (Å²) < 4.78 is 0. The van der Waals surface area contributed by atoms with Crippen molar-refractivity contribution in [1.82, 2.24) is 20.3 Å². The molecule has 4 N–H and O–H groups in total. The molecule has 0 unspecified atom stereocenters.